The fraction of sp³-hybridized carbons (Fsp3) is 0.333. The van der Waals surface area contributed by atoms with Gasteiger partial charge in [-0.25, -0.2) is 0 Å². The summed E-state index contributed by atoms with van der Waals surface area (Å²) >= 11 is 3.25. The Balaban J connectivity index is 2.32. The molecule has 6 heteroatoms. The Morgan fingerprint density at radius 3 is 3.00 bits per heavy atom. The maximum Gasteiger partial charge on any atom is 0.262 e. The highest BCUT2D eigenvalue weighted by molar-refractivity contribution is 9.10. The van der Waals surface area contributed by atoms with Crippen molar-refractivity contribution in [3.63, 3.8) is 0 Å². The molecule has 0 spiro atoms. The number of hydrogen-bond donors (Lipinski definition) is 1. The lowest BCUT2D eigenvalue weighted by Gasteiger charge is -1.98. The number of halogens is 1. The number of hydrogen-bond acceptors (Lipinski definition) is 5. The molecule has 5 nitrogen and oxygen atoms in total. The van der Waals surface area contributed by atoms with Crippen LogP contribution in [0.4, 0.5) is 0 Å². The maximum absolute atomic E-state index is 5.51. The van der Waals surface area contributed by atoms with Crippen LogP contribution < -0.4 is 5.73 Å². The molecule has 2 aromatic rings. The van der Waals surface area contributed by atoms with Gasteiger partial charge in [0.15, 0.2) is 10.5 Å². The molecule has 0 saturated heterocycles. The third-order valence-corrected chi connectivity index (χ3v) is 2.70. The van der Waals surface area contributed by atoms with Crippen LogP contribution in [0.1, 0.15) is 18.7 Å². The zero-order valence-electron chi connectivity index (χ0n) is 8.11. The van der Waals surface area contributed by atoms with Crippen molar-refractivity contribution in [2.45, 2.75) is 12.8 Å². The van der Waals surface area contributed by atoms with Crippen molar-refractivity contribution in [3.8, 4) is 11.5 Å². The van der Waals surface area contributed by atoms with E-state index in [1.165, 1.54) is 0 Å². The fourth-order valence-electron chi connectivity index (χ4n) is 1.10. The summed E-state index contributed by atoms with van der Waals surface area (Å²) in [6.07, 6.45) is 1.55. The van der Waals surface area contributed by atoms with Gasteiger partial charge in [-0.1, -0.05) is 12.1 Å². The summed E-state index contributed by atoms with van der Waals surface area (Å²) in [6.45, 7) is 2.44. The summed E-state index contributed by atoms with van der Waals surface area (Å²) < 4.78 is 10.8. The minimum absolute atomic E-state index is 0.0909. The minimum atomic E-state index is 0.0909. The number of aromatic nitrogens is 2. The van der Waals surface area contributed by atoms with Gasteiger partial charge in [0.05, 0.1) is 11.8 Å². The first kappa shape index (κ1) is 10.4. The smallest absolute Gasteiger partial charge is 0.262 e. The average Bonchev–Trinajstić information content (AvgIpc) is 2.84. The molecule has 0 aliphatic rings. The van der Waals surface area contributed by atoms with Gasteiger partial charge in [0.2, 0.25) is 0 Å². The molecule has 0 amide bonds. The zero-order chi connectivity index (χ0) is 10.8. The minimum Gasteiger partial charge on any atom is -0.457 e. The monoisotopic (exact) mass is 271 g/mol. The molecule has 1 atom stereocenters. The van der Waals surface area contributed by atoms with E-state index in [0.717, 1.165) is 5.56 Å². The van der Waals surface area contributed by atoms with E-state index in [1.807, 2.05) is 6.92 Å². The van der Waals surface area contributed by atoms with Gasteiger partial charge in [-0.05, 0) is 22.0 Å². The van der Waals surface area contributed by atoms with Gasteiger partial charge in [-0.15, -0.1) is 0 Å². The van der Waals surface area contributed by atoms with Crippen molar-refractivity contribution in [1.82, 2.24) is 10.1 Å². The van der Waals surface area contributed by atoms with E-state index in [2.05, 4.69) is 26.1 Å². The van der Waals surface area contributed by atoms with Crippen molar-refractivity contribution in [2.24, 2.45) is 5.73 Å². The molecule has 0 radical (unpaired) electrons. The van der Waals surface area contributed by atoms with Crippen LogP contribution >= 0.6 is 15.9 Å². The molecule has 80 valence electrons. The molecule has 0 aliphatic heterocycles. The number of nitrogens with zero attached hydrogens (tertiary/aromatic N) is 2. The molecular formula is C9H10BrN3O2. The van der Waals surface area contributed by atoms with Gasteiger partial charge >= 0.3 is 0 Å². The number of nitrogens with two attached hydrogens (primary N) is 1. The first-order valence-electron chi connectivity index (χ1n) is 4.49. The van der Waals surface area contributed by atoms with Gasteiger partial charge in [-0.3, -0.25) is 0 Å². The Labute approximate surface area is 94.8 Å². The Bertz CT molecular complexity index is 452. The molecule has 0 fully saturated rings. The SMILES string of the molecule is CC(CN)c1noc(-c2ccoc2Br)n1. The van der Waals surface area contributed by atoms with Crippen LogP contribution in [0, 0.1) is 0 Å². The summed E-state index contributed by atoms with van der Waals surface area (Å²) in [6, 6.07) is 1.76. The lowest BCUT2D eigenvalue weighted by atomic mass is 10.2. The molecule has 15 heavy (non-hydrogen) atoms. The van der Waals surface area contributed by atoms with Crippen molar-refractivity contribution in [2.75, 3.05) is 6.54 Å². The molecule has 2 rings (SSSR count). The van der Waals surface area contributed by atoms with E-state index in [0.29, 0.717) is 22.9 Å². The normalized spacial score (nSPS) is 13.0. The summed E-state index contributed by atoms with van der Waals surface area (Å²) in [4.78, 5) is 4.24. The van der Waals surface area contributed by atoms with Crippen LogP contribution in [0.2, 0.25) is 0 Å². The van der Waals surface area contributed by atoms with E-state index in [9.17, 15) is 0 Å². The van der Waals surface area contributed by atoms with Gasteiger partial charge in [0, 0.05) is 12.5 Å². The van der Waals surface area contributed by atoms with Crippen molar-refractivity contribution in [1.29, 1.82) is 0 Å². The second kappa shape index (κ2) is 4.16. The third kappa shape index (κ3) is 1.95. The second-order valence-corrected chi connectivity index (χ2v) is 3.92. The van der Waals surface area contributed by atoms with Crippen LogP contribution in [0.15, 0.2) is 25.9 Å². The van der Waals surface area contributed by atoms with Crippen LogP contribution in [-0.4, -0.2) is 16.7 Å². The second-order valence-electron chi connectivity index (χ2n) is 3.20. The molecule has 0 aliphatic carbocycles. The van der Waals surface area contributed by atoms with E-state index in [-0.39, 0.29) is 5.92 Å². The molecular weight excluding hydrogens is 262 g/mol. The highest BCUT2D eigenvalue weighted by atomic mass is 79.9. The first-order valence-corrected chi connectivity index (χ1v) is 5.28. The number of furan rings is 1. The summed E-state index contributed by atoms with van der Waals surface area (Å²) in [5.74, 6) is 1.14. The van der Waals surface area contributed by atoms with Gasteiger partial charge in [-0.2, -0.15) is 4.98 Å². The van der Waals surface area contributed by atoms with Crippen LogP contribution in [0.25, 0.3) is 11.5 Å². The molecule has 2 aromatic heterocycles. The lowest BCUT2D eigenvalue weighted by Crippen LogP contribution is -2.10. The predicted octanol–water partition coefficient (Wildman–Crippen LogP) is 2.15. The van der Waals surface area contributed by atoms with E-state index in [1.54, 1.807) is 12.3 Å². The zero-order valence-corrected chi connectivity index (χ0v) is 9.69. The highest BCUT2D eigenvalue weighted by Gasteiger charge is 2.16. The quantitative estimate of drug-likeness (QED) is 0.926. The van der Waals surface area contributed by atoms with Crippen LogP contribution in [-0.2, 0) is 0 Å². The summed E-state index contributed by atoms with van der Waals surface area (Å²) in [7, 11) is 0. The standard InChI is InChI=1S/C9H10BrN3O2/c1-5(4-11)8-12-9(15-13-8)6-2-3-14-7(6)10/h2-3,5H,4,11H2,1H3. The van der Waals surface area contributed by atoms with Gasteiger partial charge < -0.3 is 14.7 Å². The third-order valence-electron chi connectivity index (χ3n) is 2.08. The van der Waals surface area contributed by atoms with E-state index >= 15 is 0 Å². The average molecular weight is 272 g/mol. The number of rotatable bonds is 3. The maximum atomic E-state index is 5.51. The molecule has 0 aromatic carbocycles. The highest BCUT2D eigenvalue weighted by Crippen LogP contribution is 2.28. The fourth-order valence-corrected chi connectivity index (χ4v) is 1.51. The van der Waals surface area contributed by atoms with Crippen molar-refractivity contribution >= 4 is 15.9 Å². The van der Waals surface area contributed by atoms with Crippen LogP contribution in [0.5, 0.6) is 0 Å². The Hall–Kier alpha value is -1.14. The van der Waals surface area contributed by atoms with Crippen molar-refractivity contribution < 1.29 is 8.94 Å². The topological polar surface area (TPSA) is 78.1 Å². The van der Waals surface area contributed by atoms with Crippen molar-refractivity contribution in [3.05, 3.63) is 22.8 Å². The first-order chi connectivity index (χ1) is 7.22. The van der Waals surface area contributed by atoms with Crippen LogP contribution in [0.3, 0.4) is 0 Å². The summed E-state index contributed by atoms with van der Waals surface area (Å²) in [5.41, 5.74) is 6.26. The molecule has 0 bridgehead atoms. The summed E-state index contributed by atoms with van der Waals surface area (Å²) in [5, 5.41) is 3.86. The molecule has 0 saturated carbocycles. The van der Waals surface area contributed by atoms with Gasteiger partial charge in [0.25, 0.3) is 5.89 Å². The largest absolute Gasteiger partial charge is 0.457 e. The molecule has 1 unspecified atom stereocenters. The predicted molar refractivity (Wildman–Crippen MR) is 57.2 cm³/mol. The Morgan fingerprint density at radius 1 is 1.60 bits per heavy atom. The van der Waals surface area contributed by atoms with E-state index in [4.69, 9.17) is 14.7 Å². The Morgan fingerprint density at radius 2 is 2.40 bits per heavy atom. The molecule has 2 heterocycles. The molecule has 2 N–H and O–H groups in total. The van der Waals surface area contributed by atoms with E-state index < -0.39 is 0 Å². The lowest BCUT2D eigenvalue weighted by molar-refractivity contribution is 0.416. The Kier molecular flexibility index (Phi) is 2.88. The van der Waals surface area contributed by atoms with Gasteiger partial charge in [0.1, 0.15) is 0 Å².